The topological polar surface area (TPSA) is 74.6 Å². The first-order valence-electron chi connectivity index (χ1n) is 7.73. The van der Waals surface area contributed by atoms with E-state index < -0.39 is 47.5 Å². The van der Waals surface area contributed by atoms with E-state index in [1.165, 1.54) is 6.26 Å². The maximum Gasteiger partial charge on any atom is 0.243 e. The number of anilines is 1. The molecule has 140 valence electrons. The molecule has 0 spiro atoms. The molecule has 2 N–H and O–H groups in total. The minimum Gasteiger partial charge on any atom is -0.468 e. The molecule has 0 aliphatic rings. The molecule has 26 heavy (non-hydrogen) atoms. The first kappa shape index (κ1) is 19.5. The molecular formula is C17H18F3N3O3. The van der Waals surface area contributed by atoms with Gasteiger partial charge in [-0.2, -0.15) is 0 Å². The van der Waals surface area contributed by atoms with Crippen molar-refractivity contribution >= 4 is 17.5 Å². The number of hydrogen-bond donors (Lipinski definition) is 2. The summed E-state index contributed by atoms with van der Waals surface area (Å²) in [5, 5.41) is 4.47. The Morgan fingerprint density at radius 1 is 1.19 bits per heavy atom. The smallest absolute Gasteiger partial charge is 0.243 e. The fraction of sp³-hybridized carbons (Fsp3) is 0.294. The second-order valence-corrected chi connectivity index (χ2v) is 5.66. The summed E-state index contributed by atoms with van der Waals surface area (Å²) in [5.41, 5.74) is -0.508. The van der Waals surface area contributed by atoms with Crippen molar-refractivity contribution in [3.63, 3.8) is 0 Å². The molecule has 0 unspecified atom stereocenters. The van der Waals surface area contributed by atoms with Crippen LogP contribution in [0.3, 0.4) is 0 Å². The molecule has 0 radical (unpaired) electrons. The van der Waals surface area contributed by atoms with Crippen LogP contribution in [0.25, 0.3) is 0 Å². The lowest BCUT2D eigenvalue weighted by atomic mass is 10.2. The van der Waals surface area contributed by atoms with Gasteiger partial charge >= 0.3 is 0 Å². The molecule has 1 heterocycles. The van der Waals surface area contributed by atoms with Gasteiger partial charge in [0.05, 0.1) is 31.1 Å². The van der Waals surface area contributed by atoms with Crippen LogP contribution in [0.15, 0.2) is 34.9 Å². The van der Waals surface area contributed by atoms with Gasteiger partial charge in [-0.05, 0) is 38.2 Å². The van der Waals surface area contributed by atoms with Crippen LogP contribution in [0.4, 0.5) is 18.9 Å². The minimum atomic E-state index is -1.68. The standard InChI is InChI=1S/C17H18F3N3O3/c1-10(23(2)9-11-4-3-7-26-11)17(25)21-8-14(24)22-13-6-5-12(18)15(19)16(13)20/h3-7,10H,8-9H2,1-2H3,(H,21,25)(H,22,24)/t10-/m0/s1. The van der Waals surface area contributed by atoms with E-state index in [-0.39, 0.29) is 0 Å². The van der Waals surface area contributed by atoms with Gasteiger partial charge in [-0.1, -0.05) is 0 Å². The number of nitrogens with one attached hydrogen (secondary N) is 2. The van der Waals surface area contributed by atoms with Gasteiger partial charge in [-0.25, -0.2) is 13.2 Å². The van der Waals surface area contributed by atoms with E-state index in [1.807, 2.05) is 0 Å². The van der Waals surface area contributed by atoms with Gasteiger partial charge in [0.1, 0.15) is 5.76 Å². The fourth-order valence-electron chi connectivity index (χ4n) is 2.12. The highest BCUT2D eigenvalue weighted by atomic mass is 19.2. The number of benzene rings is 1. The van der Waals surface area contributed by atoms with Crippen molar-refractivity contribution in [1.82, 2.24) is 10.2 Å². The van der Waals surface area contributed by atoms with Crippen molar-refractivity contribution in [2.75, 3.05) is 18.9 Å². The van der Waals surface area contributed by atoms with E-state index >= 15 is 0 Å². The number of hydrogen-bond acceptors (Lipinski definition) is 4. The summed E-state index contributed by atoms with van der Waals surface area (Å²) in [4.78, 5) is 25.6. The zero-order valence-corrected chi connectivity index (χ0v) is 14.2. The Hall–Kier alpha value is -2.81. The third-order valence-electron chi connectivity index (χ3n) is 3.76. The molecule has 2 rings (SSSR count). The molecule has 9 heteroatoms. The molecule has 0 saturated carbocycles. The summed E-state index contributed by atoms with van der Waals surface area (Å²) in [6.07, 6.45) is 1.52. The van der Waals surface area contributed by atoms with Crippen molar-refractivity contribution in [2.45, 2.75) is 19.5 Å². The van der Waals surface area contributed by atoms with Crippen LogP contribution in [-0.2, 0) is 16.1 Å². The Kier molecular flexibility index (Phi) is 6.40. The molecular weight excluding hydrogens is 351 g/mol. The first-order valence-corrected chi connectivity index (χ1v) is 7.73. The molecule has 0 saturated heterocycles. The lowest BCUT2D eigenvalue weighted by Crippen LogP contribution is -2.45. The lowest BCUT2D eigenvalue weighted by molar-refractivity contribution is -0.127. The molecule has 0 fully saturated rings. The normalized spacial score (nSPS) is 12.1. The van der Waals surface area contributed by atoms with E-state index in [1.54, 1.807) is 31.0 Å². The number of carbonyl (C=O) groups excluding carboxylic acids is 2. The first-order chi connectivity index (χ1) is 12.3. The number of amides is 2. The van der Waals surface area contributed by atoms with E-state index in [0.717, 1.165) is 6.07 Å². The molecule has 0 aliphatic carbocycles. The van der Waals surface area contributed by atoms with Crippen LogP contribution >= 0.6 is 0 Å². The average molecular weight is 369 g/mol. The van der Waals surface area contributed by atoms with Crippen molar-refractivity contribution in [3.8, 4) is 0 Å². The van der Waals surface area contributed by atoms with E-state index in [4.69, 9.17) is 4.42 Å². The van der Waals surface area contributed by atoms with Crippen molar-refractivity contribution in [2.24, 2.45) is 0 Å². The van der Waals surface area contributed by atoms with Gasteiger partial charge in [-0.15, -0.1) is 0 Å². The summed E-state index contributed by atoms with van der Waals surface area (Å²) < 4.78 is 44.7. The van der Waals surface area contributed by atoms with Crippen LogP contribution in [0.5, 0.6) is 0 Å². The van der Waals surface area contributed by atoms with Crippen LogP contribution in [0.2, 0.25) is 0 Å². The maximum absolute atomic E-state index is 13.5. The predicted molar refractivity (Wildman–Crippen MR) is 87.6 cm³/mol. The Morgan fingerprint density at radius 3 is 2.58 bits per heavy atom. The highest BCUT2D eigenvalue weighted by molar-refractivity contribution is 5.95. The highest BCUT2D eigenvalue weighted by Gasteiger charge is 2.20. The molecule has 0 aliphatic heterocycles. The Morgan fingerprint density at radius 2 is 1.92 bits per heavy atom. The number of carbonyl (C=O) groups is 2. The van der Waals surface area contributed by atoms with Crippen LogP contribution in [-0.4, -0.2) is 36.3 Å². The van der Waals surface area contributed by atoms with Crippen molar-refractivity contribution in [3.05, 3.63) is 53.7 Å². The summed E-state index contributed by atoms with van der Waals surface area (Å²) in [6.45, 7) is 1.59. The van der Waals surface area contributed by atoms with Gasteiger partial charge in [0, 0.05) is 0 Å². The lowest BCUT2D eigenvalue weighted by Gasteiger charge is -2.22. The Bertz CT molecular complexity index is 781. The van der Waals surface area contributed by atoms with E-state index in [0.29, 0.717) is 18.4 Å². The molecule has 1 atom stereocenters. The number of rotatable bonds is 7. The Labute approximate surface area is 148 Å². The molecule has 1 aromatic heterocycles. The highest BCUT2D eigenvalue weighted by Crippen LogP contribution is 2.19. The van der Waals surface area contributed by atoms with Crippen LogP contribution in [0, 0.1) is 17.5 Å². The molecule has 2 amide bonds. The number of furan rings is 1. The molecule has 1 aromatic carbocycles. The molecule has 0 bridgehead atoms. The predicted octanol–water partition coefficient (Wildman–Crippen LogP) is 2.27. The fourth-order valence-corrected chi connectivity index (χ4v) is 2.12. The molecule has 6 nitrogen and oxygen atoms in total. The van der Waals surface area contributed by atoms with Crippen LogP contribution in [0.1, 0.15) is 12.7 Å². The third-order valence-corrected chi connectivity index (χ3v) is 3.76. The average Bonchev–Trinajstić information content (AvgIpc) is 3.12. The third kappa shape index (κ3) is 4.85. The second-order valence-electron chi connectivity index (χ2n) is 5.66. The largest absolute Gasteiger partial charge is 0.468 e. The minimum absolute atomic E-state index is 0.397. The number of nitrogens with zero attached hydrogens (tertiary/aromatic N) is 1. The number of likely N-dealkylation sites (N-methyl/N-ethyl adjacent to an activating group) is 1. The van der Waals surface area contributed by atoms with Crippen molar-refractivity contribution < 1.29 is 27.2 Å². The van der Waals surface area contributed by atoms with Gasteiger partial charge in [0.2, 0.25) is 11.8 Å². The van der Waals surface area contributed by atoms with E-state index in [2.05, 4.69) is 10.6 Å². The Balaban J connectivity index is 1.84. The zero-order valence-electron chi connectivity index (χ0n) is 14.2. The van der Waals surface area contributed by atoms with E-state index in [9.17, 15) is 22.8 Å². The molecule has 2 aromatic rings. The summed E-state index contributed by atoms with van der Waals surface area (Å²) in [5.74, 6) is -5.07. The second kappa shape index (κ2) is 8.52. The summed E-state index contributed by atoms with van der Waals surface area (Å²) >= 11 is 0. The van der Waals surface area contributed by atoms with Gasteiger partial charge < -0.3 is 15.1 Å². The summed E-state index contributed by atoms with van der Waals surface area (Å²) in [7, 11) is 1.71. The number of halogens is 3. The maximum atomic E-state index is 13.5. The van der Waals surface area contributed by atoms with Gasteiger partial charge in [0.25, 0.3) is 0 Å². The van der Waals surface area contributed by atoms with Crippen molar-refractivity contribution in [1.29, 1.82) is 0 Å². The quantitative estimate of drug-likeness (QED) is 0.735. The SMILES string of the molecule is C[C@@H](C(=O)NCC(=O)Nc1ccc(F)c(F)c1F)N(C)Cc1ccco1. The zero-order chi connectivity index (χ0) is 19.3. The van der Waals surface area contributed by atoms with Gasteiger partial charge in [-0.3, -0.25) is 14.5 Å². The van der Waals surface area contributed by atoms with Crippen LogP contribution < -0.4 is 10.6 Å². The monoisotopic (exact) mass is 369 g/mol. The summed E-state index contributed by atoms with van der Waals surface area (Å²) in [6, 6.07) is 4.53. The van der Waals surface area contributed by atoms with Gasteiger partial charge in [0.15, 0.2) is 17.5 Å².